The third kappa shape index (κ3) is 2.82. The molecule has 1 aromatic rings. The van der Waals surface area contributed by atoms with Crippen LogP contribution in [0.1, 0.15) is 24.8 Å². The fourth-order valence-corrected chi connectivity index (χ4v) is 7.64. The van der Waals surface area contributed by atoms with E-state index in [0.717, 1.165) is 18.2 Å². The molecular formula is C14H11F7O3S2. The van der Waals surface area contributed by atoms with Gasteiger partial charge >= 0.3 is 21.1 Å². The van der Waals surface area contributed by atoms with Gasteiger partial charge in [0.05, 0.1) is 0 Å². The molecule has 0 radical (unpaired) electrons. The Morgan fingerprint density at radius 2 is 1.69 bits per heavy atom. The van der Waals surface area contributed by atoms with Crippen LogP contribution >= 0.6 is 10.3 Å². The van der Waals surface area contributed by atoms with Crippen LogP contribution in [0.3, 0.4) is 0 Å². The Hall–Kier alpha value is -1.27. The third-order valence-corrected chi connectivity index (χ3v) is 9.06. The number of fused-ring (bicyclic) bond motifs is 1. The number of benzene rings is 1. The molecule has 0 N–H and O–H groups in total. The van der Waals surface area contributed by atoms with Gasteiger partial charge in [-0.1, -0.05) is 12.5 Å². The van der Waals surface area contributed by atoms with Gasteiger partial charge in [-0.2, -0.15) is 38.4 Å². The number of allylic oxidation sites excluding steroid dienone is 1. The first-order chi connectivity index (χ1) is 11.8. The normalized spacial score (nSPS) is 26.7. The fourth-order valence-electron chi connectivity index (χ4n) is 2.83. The number of rotatable bonds is 3. The monoisotopic (exact) mass is 424 g/mol. The van der Waals surface area contributed by atoms with Gasteiger partial charge in [-0.05, 0) is 42.5 Å². The maximum absolute atomic E-state index is 14.0. The summed E-state index contributed by atoms with van der Waals surface area (Å²) >= 11 is 0. The molecule has 1 heterocycles. The molecule has 0 amide bonds. The number of hydrogen-bond donors (Lipinski definition) is 0. The van der Waals surface area contributed by atoms with Gasteiger partial charge in [0, 0.05) is 20.1 Å². The Morgan fingerprint density at radius 1 is 1.08 bits per heavy atom. The van der Waals surface area contributed by atoms with E-state index in [1.807, 2.05) is 0 Å². The molecule has 0 spiro atoms. The van der Waals surface area contributed by atoms with Crippen LogP contribution in [0, 0.1) is 11.7 Å². The highest BCUT2D eigenvalue weighted by Crippen LogP contribution is 2.80. The maximum atomic E-state index is 14.0. The smallest absolute Gasteiger partial charge is 0.207 e. The summed E-state index contributed by atoms with van der Waals surface area (Å²) in [6, 6.07) is 2.21. The fraction of sp³-hybridized carbons (Fsp3) is 0.429. The number of halogens is 7. The summed E-state index contributed by atoms with van der Waals surface area (Å²) in [6.07, 6.45) is 2.03. The van der Waals surface area contributed by atoms with Gasteiger partial charge in [-0.25, -0.2) is 4.39 Å². The lowest BCUT2D eigenvalue weighted by Gasteiger charge is -2.43. The van der Waals surface area contributed by atoms with Gasteiger partial charge < -0.3 is 0 Å². The summed E-state index contributed by atoms with van der Waals surface area (Å²) in [4.78, 5) is -1.48. The molecule has 0 aromatic heterocycles. The Balaban J connectivity index is 2.27. The largest absolute Gasteiger partial charge is 0.523 e. The predicted molar refractivity (Wildman–Crippen MR) is 79.7 cm³/mol. The number of hydrogen-bond acceptors (Lipinski definition) is 3. The van der Waals surface area contributed by atoms with Crippen LogP contribution in [0.2, 0.25) is 0 Å². The Morgan fingerprint density at radius 3 is 2.15 bits per heavy atom. The molecule has 1 atom stereocenters. The summed E-state index contributed by atoms with van der Waals surface area (Å²) in [5.74, 6) is -1.91. The van der Waals surface area contributed by atoms with E-state index in [2.05, 4.69) is 3.63 Å². The summed E-state index contributed by atoms with van der Waals surface area (Å²) in [7, 11) is -11.7. The zero-order valence-electron chi connectivity index (χ0n) is 12.7. The predicted octanol–water partition coefficient (Wildman–Crippen LogP) is 5.44. The van der Waals surface area contributed by atoms with E-state index in [9.17, 15) is 39.2 Å². The second-order valence-corrected chi connectivity index (χ2v) is 10.2. The van der Waals surface area contributed by atoms with Crippen molar-refractivity contribution in [2.75, 3.05) is 0 Å². The minimum atomic E-state index is -6.58. The van der Waals surface area contributed by atoms with Gasteiger partial charge in [0.2, 0.25) is 0 Å². The molecule has 2 aliphatic rings. The van der Waals surface area contributed by atoms with Gasteiger partial charge in [-0.3, -0.25) is 0 Å². The molecule has 3 rings (SSSR count). The Kier molecular flexibility index (Phi) is 4.39. The Labute approximate surface area is 145 Å². The molecular weight excluding hydrogens is 413 g/mol. The van der Waals surface area contributed by atoms with Crippen LogP contribution in [-0.2, 0) is 13.7 Å². The SMILES string of the molecule is O=S(=O)(OS1(C(F)(F)F)C(C2CCC2)=Cc2ccc(F)cc21)C(F)(F)F. The molecule has 0 bridgehead atoms. The van der Waals surface area contributed by atoms with Crippen LogP contribution in [0.15, 0.2) is 28.0 Å². The van der Waals surface area contributed by atoms with E-state index in [0.29, 0.717) is 12.5 Å². The molecule has 1 fully saturated rings. The van der Waals surface area contributed by atoms with Crippen LogP contribution in [-0.4, -0.2) is 19.4 Å². The third-order valence-electron chi connectivity index (χ3n) is 4.22. The highest BCUT2D eigenvalue weighted by atomic mass is 32.3. The first kappa shape index (κ1) is 19.5. The summed E-state index contributed by atoms with van der Waals surface area (Å²) < 4.78 is 121. The molecule has 1 aliphatic carbocycles. The summed E-state index contributed by atoms with van der Waals surface area (Å²) in [6.45, 7) is 0. The van der Waals surface area contributed by atoms with Crippen LogP contribution in [0.5, 0.6) is 0 Å². The molecule has 3 nitrogen and oxygen atoms in total. The molecule has 12 heteroatoms. The van der Waals surface area contributed by atoms with Crippen LogP contribution < -0.4 is 0 Å². The minimum absolute atomic E-state index is 0.196. The van der Waals surface area contributed by atoms with E-state index >= 15 is 0 Å². The second-order valence-electron chi connectivity index (χ2n) is 5.83. The van der Waals surface area contributed by atoms with Crippen molar-refractivity contribution in [1.29, 1.82) is 0 Å². The van der Waals surface area contributed by atoms with Gasteiger partial charge in [0.25, 0.3) is 0 Å². The molecule has 1 unspecified atom stereocenters. The summed E-state index contributed by atoms with van der Waals surface area (Å²) in [5.41, 5.74) is -11.7. The second kappa shape index (κ2) is 5.86. The van der Waals surface area contributed by atoms with Crippen molar-refractivity contribution in [3.8, 4) is 0 Å². The Bertz CT molecular complexity index is 870. The zero-order valence-corrected chi connectivity index (χ0v) is 14.3. The zero-order chi connectivity index (χ0) is 19.5. The van der Waals surface area contributed by atoms with Crippen molar-refractivity contribution >= 4 is 26.5 Å². The topological polar surface area (TPSA) is 43.4 Å². The van der Waals surface area contributed by atoms with E-state index in [1.165, 1.54) is 0 Å². The highest BCUT2D eigenvalue weighted by Gasteiger charge is 2.65. The lowest BCUT2D eigenvalue weighted by molar-refractivity contribution is -0.0547. The van der Waals surface area contributed by atoms with Crippen molar-refractivity contribution < 1.29 is 42.8 Å². The first-order valence-corrected chi connectivity index (χ1v) is 10.2. The molecule has 1 aliphatic heterocycles. The van der Waals surface area contributed by atoms with Crippen molar-refractivity contribution in [3.63, 3.8) is 0 Å². The number of alkyl halides is 6. The van der Waals surface area contributed by atoms with E-state index in [1.54, 1.807) is 0 Å². The van der Waals surface area contributed by atoms with E-state index < -0.39 is 53.0 Å². The molecule has 146 valence electrons. The molecule has 1 saturated carbocycles. The van der Waals surface area contributed by atoms with Gasteiger partial charge in [0.15, 0.2) is 0 Å². The van der Waals surface area contributed by atoms with Gasteiger partial charge in [-0.15, -0.1) is 0 Å². The highest BCUT2D eigenvalue weighted by molar-refractivity contribution is 8.37. The molecule has 26 heavy (non-hydrogen) atoms. The van der Waals surface area contributed by atoms with E-state index in [-0.39, 0.29) is 18.4 Å². The van der Waals surface area contributed by atoms with Crippen molar-refractivity contribution in [1.82, 2.24) is 0 Å². The lowest BCUT2D eigenvalue weighted by Crippen LogP contribution is -2.34. The van der Waals surface area contributed by atoms with Crippen molar-refractivity contribution in [2.45, 2.75) is 35.2 Å². The molecule has 1 aromatic carbocycles. The average Bonchev–Trinajstić information content (AvgIpc) is 2.70. The van der Waals surface area contributed by atoms with Gasteiger partial charge in [0.1, 0.15) is 5.82 Å². The maximum Gasteiger partial charge on any atom is 0.523 e. The van der Waals surface area contributed by atoms with Crippen LogP contribution in [0.25, 0.3) is 6.08 Å². The first-order valence-electron chi connectivity index (χ1n) is 7.23. The summed E-state index contributed by atoms with van der Waals surface area (Å²) in [5, 5.41) is 0. The van der Waals surface area contributed by atoms with Crippen molar-refractivity contribution in [3.05, 3.63) is 34.5 Å². The van der Waals surface area contributed by atoms with Crippen LogP contribution in [0.4, 0.5) is 30.7 Å². The van der Waals surface area contributed by atoms with Crippen molar-refractivity contribution in [2.24, 2.45) is 5.92 Å². The lowest BCUT2D eigenvalue weighted by atomic mass is 9.85. The van der Waals surface area contributed by atoms with E-state index in [4.69, 9.17) is 0 Å². The quantitative estimate of drug-likeness (QED) is 0.479. The standard InChI is InChI=1S/C14H11F7O3S2/c15-10-5-4-9-6-11(8-2-1-3-8)25(12(9)7-10,13(16,17)18)24-26(22,23)14(19,20)21/h4-8H,1-3H2. The minimum Gasteiger partial charge on any atom is -0.207 e. The molecule has 0 saturated heterocycles. The average molecular weight is 424 g/mol.